The highest BCUT2D eigenvalue weighted by Crippen LogP contribution is 2.42. The molecule has 5 rings (SSSR count). The van der Waals surface area contributed by atoms with Crippen LogP contribution in [0.2, 0.25) is 0 Å². The summed E-state index contributed by atoms with van der Waals surface area (Å²) in [6, 6.07) is 21.1. The van der Waals surface area contributed by atoms with Crippen LogP contribution in [0.4, 0.5) is 0 Å². The zero-order chi connectivity index (χ0) is 29.5. The third-order valence-corrected chi connectivity index (χ3v) is 7.60. The maximum atomic E-state index is 13.5. The van der Waals surface area contributed by atoms with Gasteiger partial charge in [0, 0.05) is 31.7 Å². The molecule has 1 unspecified atom stereocenters. The fourth-order valence-electron chi connectivity index (χ4n) is 5.38. The number of Topliss-reactive ketones (excluding diaryl/α,β-unsaturated/α-hetero) is 1. The number of hydrogen-bond donors (Lipinski definition) is 1. The van der Waals surface area contributed by atoms with Gasteiger partial charge in [0.1, 0.15) is 18.1 Å². The van der Waals surface area contributed by atoms with Crippen LogP contribution in [0.5, 0.6) is 17.2 Å². The maximum Gasteiger partial charge on any atom is 0.295 e. The van der Waals surface area contributed by atoms with Crippen molar-refractivity contribution in [2.75, 3.05) is 53.6 Å². The Kier molecular flexibility index (Phi) is 9.41. The molecule has 2 fully saturated rings. The Labute approximate surface area is 245 Å². The van der Waals surface area contributed by atoms with Gasteiger partial charge in [-0.05, 0) is 41.8 Å². The largest absolute Gasteiger partial charge is 0.507 e. The predicted octanol–water partition coefficient (Wildman–Crippen LogP) is 4.43. The fraction of sp³-hybridized carbons (Fsp3) is 0.333. The summed E-state index contributed by atoms with van der Waals surface area (Å²) in [4.78, 5) is 30.8. The first-order valence-corrected chi connectivity index (χ1v) is 14.1. The molecule has 0 spiro atoms. The van der Waals surface area contributed by atoms with Gasteiger partial charge in [-0.25, -0.2) is 0 Å². The van der Waals surface area contributed by atoms with E-state index in [0.717, 1.165) is 25.2 Å². The SMILES string of the molecule is COc1cccc(/C(O)=C2\C(=O)C(=O)N(CCCN3CCOCC3)C2c2ccc(OCc3ccccc3)c(OC)c2)c1. The topological polar surface area (TPSA) is 97.8 Å². The number of ether oxygens (including phenoxy) is 4. The average Bonchev–Trinajstić information content (AvgIpc) is 3.29. The van der Waals surface area contributed by atoms with Gasteiger partial charge in [-0.15, -0.1) is 0 Å². The minimum atomic E-state index is -0.807. The first kappa shape index (κ1) is 29.2. The summed E-state index contributed by atoms with van der Waals surface area (Å²) >= 11 is 0. The summed E-state index contributed by atoms with van der Waals surface area (Å²) in [7, 11) is 3.07. The number of morpholine rings is 1. The minimum Gasteiger partial charge on any atom is -0.507 e. The Balaban J connectivity index is 1.48. The van der Waals surface area contributed by atoms with Crippen molar-refractivity contribution in [3.8, 4) is 17.2 Å². The van der Waals surface area contributed by atoms with Crippen molar-refractivity contribution in [2.24, 2.45) is 0 Å². The van der Waals surface area contributed by atoms with E-state index in [1.807, 2.05) is 36.4 Å². The van der Waals surface area contributed by atoms with Crippen molar-refractivity contribution in [3.05, 3.63) is 95.1 Å². The van der Waals surface area contributed by atoms with E-state index < -0.39 is 17.7 Å². The second-order valence-corrected chi connectivity index (χ2v) is 10.2. The van der Waals surface area contributed by atoms with Crippen molar-refractivity contribution >= 4 is 17.4 Å². The van der Waals surface area contributed by atoms with Crippen molar-refractivity contribution in [1.29, 1.82) is 0 Å². The van der Waals surface area contributed by atoms with Crippen LogP contribution in [0.15, 0.2) is 78.4 Å². The lowest BCUT2D eigenvalue weighted by molar-refractivity contribution is -0.140. The number of likely N-dealkylation sites (tertiary alicyclic amines) is 1. The number of benzene rings is 3. The van der Waals surface area contributed by atoms with E-state index >= 15 is 0 Å². The molecule has 1 amide bonds. The third kappa shape index (κ3) is 6.42. The van der Waals surface area contributed by atoms with E-state index in [0.29, 0.717) is 61.2 Å². The zero-order valence-corrected chi connectivity index (χ0v) is 24.0. The number of hydrogen-bond acceptors (Lipinski definition) is 8. The first-order valence-electron chi connectivity index (χ1n) is 14.1. The molecule has 0 saturated carbocycles. The summed E-state index contributed by atoms with van der Waals surface area (Å²) in [5, 5.41) is 11.4. The molecule has 1 atom stereocenters. The van der Waals surface area contributed by atoms with Gasteiger partial charge in [0.05, 0.1) is 39.0 Å². The number of amides is 1. The molecule has 2 saturated heterocycles. The number of nitrogens with zero attached hydrogens (tertiary/aromatic N) is 2. The molecule has 0 bridgehead atoms. The predicted molar refractivity (Wildman–Crippen MR) is 158 cm³/mol. The van der Waals surface area contributed by atoms with Gasteiger partial charge in [-0.1, -0.05) is 48.5 Å². The lowest BCUT2D eigenvalue weighted by Gasteiger charge is -2.29. The molecule has 42 heavy (non-hydrogen) atoms. The molecule has 220 valence electrons. The lowest BCUT2D eigenvalue weighted by atomic mass is 9.95. The van der Waals surface area contributed by atoms with Crippen LogP contribution < -0.4 is 14.2 Å². The highest BCUT2D eigenvalue weighted by Gasteiger charge is 2.46. The van der Waals surface area contributed by atoms with Gasteiger partial charge in [-0.3, -0.25) is 14.5 Å². The van der Waals surface area contributed by atoms with Crippen LogP contribution in [0.1, 0.15) is 29.2 Å². The summed E-state index contributed by atoms with van der Waals surface area (Å²) < 4.78 is 22.5. The van der Waals surface area contributed by atoms with Gasteiger partial charge >= 0.3 is 0 Å². The zero-order valence-electron chi connectivity index (χ0n) is 24.0. The lowest BCUT2D eigenvalue weighted by Crippen LogP contribution is -2.39. The van der Waals surface area contributed by atoms with E-state index in [4.69, 9.17) is 18.9 Å². The number of methoxy groups -OCH3 is 2. The van der Waals surface area contributed by atoms with Crippen LogP contribution in [0.25, 0.3) is 5.76 Å². The molecular formula is C33H36N2O7. The normalized spacial score (nSPS) is 18.7. The molecule has 1 N–H and O–H groups in total. The minimum absolute atomic E-state index is 0.0274. The van der Waals surface area contributed by atoms with Crippen molar-refractivity contribution in [1.82, 2.24) is 9.80 Å². The van der Waals surface area contributed by atoms with Gasteiger partial charge < -0.3 is 29.0 Å². The highest BCUT2D eigenvalue weighted by atomic mass is 16.5. The molecule has 0 aliphatic carbocycles. The maximum absolute atomic E-state index is 13.5. The smallest absolute Gasteiger partial charge is 0.295 e. The molecular weight excluding hydrogens is 536 g/mol. The second kappa shape index (κ2) is 13.5. The monoisotopic (exact) mass is 572 g/mol. The molecule has 9 heteroatoms. The van der Waals surface area contributed by atoms with Gasteiger partial charge in [0.15, 0.2) is 11.5 Å². The van der Waals surface area contributed by atoms with E-state index in [-0.39, 0.29) is 11.3 Å². The van der Waals surface area contributed by atoms with Gasteiger partial charge in [-0.2, -0.15) is 0 Å². The first-order chi connectivity index (χ1) is 20.5. The van der Waals surface area contributed by atoms with Crippen LogP contribution in [0, 0.1) is 0 Å². The third-order valence-electron chi connectivity index (χ3n) is 7.60. The Hall–Kier alpha value is -4.34. The number of aliphatic hydroxyl groups excluding tert-OH is 1. The number of carbonyl (C=O) groups excluding carboxylic acids is 2. The molecule has 3 aromatic rings. The highest BCUT2D eigenvalue weighted by molar-refractivity contribution is 6.46. The molecule has 2 aliphatic rings. The summed E-state index contributed by atoms with van der Waals surface area (Å²) in [6.45, 7) is 4.50. The fourth-order valence-corrected chi connectivity index (χ4v) is 5.38. The summed E-state index contributed by atoms with van der Waals surface area (Å²) in [5.74, 6) is -0.107. The number of rotatable bonds is 11. The van der Waals surface area contributed by atoms with Crippen LogP contribution >= 0.6 is 0 Å². The van der Waals surface area contributed by atoms with Crippen LogP contribution in [-0.4, -0.2) is 80.2 Å². The van der Waals surface area contributed by atoms with E-state index in [9.17, 15) is 14.7 Å². The number of ketones is 1. The standard InChI is InChI=1S/C33H36N2O7/c1-39-26-11-6-10-25(20-26)31(36)29-30(35(33(38)32(29)37)15-7-14-34-16-18-41-19-17-34)24-12-13-27(28(21-24)40-2)42-22-23-8-4-3-5-9-23/h3-6,8-13,20-21,30,36H,7,14-19,22H2,1-2H3/b31-29+. The van der Waals surface area contributed by atoms with Crippen LogP contribution in [-0.2, 0) is 20.9 Å². The number of carbonyl (C=O) groups is 2. The van der Waals surface area contributed by atoms with Crippen LogP contribution in [0.3, 0.4) is 0 Å². The van der Waals surface area contributed by atoms with Gasteiger partial charge in [0.25, 0.3) is 11.7 Å². The molecule has 3 aromatic carbocycles. The average molecular weight is 573 g/mol. The number of aliphatic hydroxyl groups is 1. The van der Waals surface area contributed by atoms with E-state index in [1.54, 1.807) is 48.4 Å². The quantitative estimate of drug-likeness (QED) is 0.205. The van der Waals surface area contributed by atoms with E-state index in [2.05, 4.69) is 4.90 Å². The van der Waals surface area contributed by atoms with Crippen molar-refractivity contribution in [2.45, 2.75) is 19.1 Å². The summed E-state index contributed by atoms with van der Waals surface area (Å²) in [6.07, 6.45) is 0.665. The Bertz CT molecular complexity index is 1430. The molecule has 0 aromatic heterocycles. The molecule has 0 radical (unpaired) electrons. The Morgan fingerprint density at radius 2 is 1.69 bits per heavy atom. The molecule has 9 nitrogen and oxygen atoms in total. The van der Waals surface area contributed by atoms with E-state index in [1.165, 1.54) is 7.11 Å². The van der Waals surface area contributed by atoms with Crippen molar-refractivity contribution in [3.63, 3.8) is 0 Å². The van der Waals surface area contributed by atoms with Crippen molar-refractivity contribution < 1.29 is 33.6 Å². The van der Waals surface area contributed by atoms with Gasteiger partial charge in [0.2, 0.25) is 0 Å². The Morgan fingerprint density at radius 1 is 0.905 bits per heavy atom. The molecule has 2 heterocycles. The summed E-state index contributed by atoms with van der Waals surface area (Å²) in [5.41, 5.74) is 2.06. The molecule has 2 aliphatic heterocycles. The Morgan fingerprint density at radius 3 is 2.43 bits per heavy atom. The second-order valence-electron chi connectivity index (χ2n) is 10.2.